The summed E-state index contributed by atoms with van der Waals surface area (Å²) >= 11 is 0. The Morgan fingerprint density at radius 1 is 1.41 bits per heavy atom. The SMILES string of the molecule is CC(C)(C)NC(=O)N[C@H](c1nc2c(cnc3[nH]ccc32)[nH]1)C1CCCOC1. The lowest BCUT2D eigenvalue weighted by Gasteiger charge is -2.31. The molecular formula is C19H26N6O2. The molecule has 8 heteroatoms. The maximum Gasteiger partial charge on any atom is 0.315 e. The summed E-state index contributed by atoms with van der Waals surface area (Å²) in [4.78, 5) is 28.3. The summed E-state index contributed by atoms with van der Waals surface area (Å²) < 4.78 is 5.67. The second kappa shape index (κ2) is 6.84. The number of rotatable bonds is 3. The normalized spacial score (nSPS) is 19.3. The van der Waals surface area contributed by atoms with Gasteiger partial charge in [0.1, 0.15) is 17.0 Å². The topological polar surface area (TPSA) is 108 Å². The third-order valence-electron chi connectivity index (χ3n) is 4.79. The van der Waals surface area contributed by atoms with Crippen LogP contribution in [0.5, 0.6) is 0 Å². The number of hydrogen-bond donors (Lipinski definition) is 4. The van der Waals surface area contributed by atoms with Gasteiger partial charge in [-0.2, -0.15) is 0 Å². The number of H-pyrrole nitrogens is 2. The van der Waals surface area contributed by atoms with Gasteiger partial charge in [0.15, 0.2) is 0 Å². The van der Waals surface area contributed by atoms with E-state index in [1.54, 1.807) is 6.20 Å². The number of ether oxygens (including phenoxy) is 1. The van der Waals surface area contributed by atoms with Crippen molar-refractivity contribution in [3.8, 4) is 0 Å². The summed E-state index contributed by atoms with van der Waals surface area (Å²) in [5.74, 6) is 0.903. The van der Waals surface area contributed by atoms with Gasteiger partial charge in [0.05, 0.1) is 24.4 Å². The van der Waals surface area contributed by atoms with Gasteiger partial charge in [-0.1, -0.05) is 0 Å². The van der Waals surface area contributed by atoms with Gasteiger partial charge in [0, 0.05) is 29.6 Å². The minimum Gasteiger partial charge on any atom is -0.381 e. The van der Waals surface area contributed by atoms with Crippen molar-refractivity contribution >= 4 is 28.1 Å². The molecule has 0 saturated carbocycles. The zero-order chi connectivity index (χ0) is 19.0. The van der Waals surface area contributed by atoms with Gasteiger partial charge in [-0.3, -0.25) is 0 Å². The molecule has 1 unspecified atom stereocenters. The minimum absolute atomic E-state index is 0.166. The molecule has 1 saturated heterocycles. The molecule has 3 aromatic rings. The third kappa shape index (κ3) is 3.75. The highest BCUT2D eigenvalue weighted by Crippen LogP contribution is 2.30. The highest BCUT2D eigenvalue weighted by Gasteiger charge is 2.30. The fourth-order valence-electron chi connectivity index (χ4n) is 3.60. The first kappa shape index (κ1) is 17.8. The number of pyridine rings is 1. The zero-order valence-electron chi connectivity index (χ0n) is 15.9. The Morgan fingerprint density at radius 3 is 3.00 bits per heavy atom. The molecule has 0 spiro atoms. The van der Waals surface area contributed by atoms with Gasteiger partial charge in [0.2, 0.25) is 0 Å². The quantitative estimate of drug-likeness (QED) is 0.568. The van der Waals surface area contributed by atoms with Gasteiger partial charge in [-0.05, 0) is 39.7 Å². The predicted molar refractivity (Wildman–Crippen MR) is 103 cm³/mol. The number of aromatic amines is 2. The summed E-state index contributed by atoms with van der Waals surface area (Å²) in [7, 11) is 0. The van der Waals surface area contributed by atoms with Crippen LogP contribution in [0.25, 0.3) is 22.1 Å². The average molecular weight is 370 g/mol. The number of urea groups is 1. The average Bonchev–Trinajstić information content (AvgIpc) is 3.24. The van der Waals surface area contributed by atoms with Crippen LogP contribution in [0, 0.1) is 5.92 Å². The molecule has 27 heavy (non-hydrogen) atoms. The van der Waals surface area contributed by atoms with Gasteiger partial charge in [0.25, 0.3) is 0 Å². The number of nitrogens with zero attached hydrogens (tertiary/aromatic N) is 2. The van der Waals surface area contributed by atoms with Crippen molar-refractivity contribution in [1.29, 1.82) is 0 Å². The molecule has 4 N–H and O–H groups in total. The molecule has 144 valence electrons. The Kier molecular flexibility index (Phi) is 4.51. The standard InChI is InChI=1S/C19H26N6O2/c1-19(2,3)25-18(26)24-14(11-5-4-8-27-10-11)17-22-13-9-21-16-12(6-7-20-16)15(13)23-17/h6-7,9,11,14H,4-5,8,10H2,1-3H3,(H,20,21)(H,22,23)(H2,24,25,26)/t11?,14-/m0/s1. The number of imidazole rings is 1. The largest absolute Gasteiger partial charge is 0.381 e. The van der Waals surface area contributed by atoms with Crippen LogP contribution in [-0.4, -0.2) is 44.7 Å². The highest BCUT2D eigenvalue weighted by molar-refractivity contribution is 6.00. The van der Waals surface area contributed by atoms with Crippen LogP contribution < -0.4 is 10.6 Å². The number of aromatic nitrogens is 4. The van der Waals surface area contributed by atoms with Crippen LogP contribution in [0.15, 0.2) is 18.5 Å². The molecule has 1 fully saturated rings. The van der Waals surface area contributed by atoms with Crippen molar-refractivity contribution < 1.29 is 9.53 Å². The maximum absolute atomic E-state index is 12.5. The first-order chi connectivity index (χ1) is 12.9. The van der Waals surface area contributed by atoms with Crippen LogP contribution in [-0.2, 0) is 4.74 Å². The lowest BCUT2D eigenvalue weighted by molar-refractivity contribution is 0.0393. The van der Waals surface area contributed by atoms with Crippen LogP contribution in [0.1, 0.15) is 45.5 Å². The molecule has 4 rings (SSSR count). The number of amides is 2. The summed E-state index contributed by atoms with van der Waals surface area (Å²) in [5, 5.41) is 7.04. The molecule has 0 aromatic carbocycles. The van der Waals surface area contributed by atoms with E-state index in [1.165, 1.54) is 0 Å². The van der Waals surface area contributed by atoms with Crippen molar-refractivity contribution in [2.75, 3.05) is 13.2 Å². The molecule has 0 radical (unpaired) electrons. The second-order valence-corrected chi connectivity index (χ2v) is 8.19. The fraction of sp³-hybridized carbons (Fsp3) is 0.526. The second-order valence-electron chi connectivity index (χ2n) is 8.19. The van der Waals surface area contributed by atoms with Crippen LogP contribution in [0.2, 0.25) is 0 Å². The number of fused-ring (bicyclic) bond motifs is 3. The minimum atomic E-state index is -0.313. The Bertz CT molecular complexity index is 948. The van der Waals surface area contributed by atoms with Gasteiger partial charge in [-0.25, -0.2) is 14.8 Å². The predicted octanol–water partition coefficient (Wildman–Crippen LogP) is 3.00. The van der Waals surface area contributed by atoms with Crippen molar-refractivity contribution in [3.05, 3.63) is 24.3 Å². The van der Waals surface area contributed by atoms with E-state index in [4.69, 9.17) is 9.72 Å². The molecule has 3 aromatic heterocycles. The van der Waals surface area contributed by atoms with Crippen molar-refractivity contribution in [1.82, 2.24) is 30.6 Å². The lowest BCUT2D eigenvalue weighted by Crippen LogP contribution is -2.49. The molecule has 1 aliphatic heterocycles. The van der Waals surface area contributed by atoms with Gasteiger partial charge < -0.3 is 25.3 Å². The summed E-state index contributed by atoms with van der Waals surface area (Å²) in [5.41, 5.74) is 2.21. The van der Waals surface area contributed by atoms with E-state index in [1.807, 2.05) is 33.0 Å². The highest BCUT2D eigenvalue weighted by atomic mass is 16.5. The van der Waals surface area contributed by atoms with E-state index in [2.05, 4.69) is 25.6 Å². The molecule has 2 atom stereocenters. The third-order valence-corrected chi connectivity index (χ3v) is 4.79. The summed E-state index contributed by atoms with van der Waals surface area (Å²) in [6.07, 6.45) is 5.59. The van der Waals surface area contributed by atoms with E-state index < -0.39 is 0 Å². The summed E-state index contributed by atoms with van der Waals surface area (Å²) in [6.45, 7) is 7.25. The first-order valence-electron chi connectivity index (χ1n) is 9.39. The number of nitrogens with one attached hydrogen (secondary N) is 4. The van der Waals surface area contributed by atoms with Crippen molar-refractivity contribution in [3.63, 3.8) is 0 Å². The number of carbonyl (C=O) groups excluding carboxylic acids is 1. The monoisotopic (exact) mass is 370 g/mol. The molecule has 8 nitrogen and oxygen atoms in total. The maximum atomic E-state index is 12.5. The Labute approximate surface area is 157 Å². The van der Waals surface area contributed by atoms with Crippen molar-refractivity contribution in [2.24, 2.45) is 5.92 Å². The molecular weight excluding hydrogens is 344 g/mol. The van der Waals surface area contributed by atoms with E-state index in [0.29, 0.717) is 6.61 Å². The molecule has 0 aliphatic carbocycles. The zero-order valence-corrected chi connectivity index (χ0v) is 15.9. The Hall–Kier alpha value is -2.61. The molecule has 0 bridgehead atoms. The van der Waals surface area contributed by atoms with Gasteiger partial charge in [-0.15, -0.1) is 0 Å². The smallest absolute Gasteiger partial charge is 0.315 e. The molecule has 1 aliphatic rings. The van der Waals surface area contributed by atoms with Crippen molar-refractivity contribution in [2.45, 2.75) is 45.2 Å². The lowest BCUT2D eigenvalue weighted by atomic mass is 9.93. The molecule has 2 amide bonds. The van der Waals surface area contributed by atoms with Crippen LogP contribution >= 0.6 is 0 Å². The van der Waals surface area contributed by atoms with Crippen LogP contribution in [0.4, 0.5) is 4.79 Å². The van der Waals surface area contributed by atoms with E-state index in [-0.39, 0.29) is 23.5 Å². The van der Waals surface area contributed by atoms with E-state index >= 15 is 0 Å². The Morgan fingerprint density at radius 2 is 2.26 bits per heavy atom. The molecule has 4 heterocycles. The fourth-order valence-corrected chi connectivity index (χ4v) is 3.60. The summed E-state index contributed by atoms with van der Waals surface area (Å²) in [6, 6.07) is 1.51. The Balaban J connectivity index is 1.68. The van der Waals surface area contributed by atoms with E-state index in [0.717, 1.165) is 47.3 Å². The first-order valence-corrected chi connectivity index (χ1v) is 9.39. The number of carbonyl (C=O) groups is 1. The van der Waals surface area contributed by atoms with E-state index in [9.17, 15) is 4.79 Å². The van der Waals surface area contributed by atoms with Gasteiger partial charge >= 0.3 is 6.03 Å². The number of hydrogen-bond acceptors (Lipinski definition) is 4. The van der Waals surface area contributed by atoms with Crippen LogP contribution in [0.3, 0.4) is 0 Å².